The lowest BCUT2D eigenvalue weighted by atomic mass is 9.81. The number of hydrogen-bond acceptors (Lipinski definition) is 6. The van der Waals surface area contributed by atoms with E-state index in [1.165, 1.54) is 22.3 Å². The Bertz CT molecular complexity index is 854. The summed E-state index contributed by atoms with van der Waals surface area (Å²) in [5.41, 5.74) is 5.27. The minimum atomic E-state index is 0.204. The van der Waals surface area contributed by atoms with Crippen molar-refractivity contribution in [2.24, 2.45) is 0 Å². The number of ether oxygens (including phenoxy) is 4. The van der Waals surface area contributed by atoms with Gasteiger partial charge in [-0.2, -0.15) is 0 Å². The van der Waals surface area contributed by atoms with Crippen LogP contribution in [0.1, 0.15) is 34.3 Å². The predicted octanol–water partition coefficient (Wildman–Crippen LogP) is 3.48. The fourth-order valence-corrected chi connectivity index (χ4v) is 5.03. The van der Waals surface area contributed by atoms with E-state index in [1.807, 2.05) is 0 Å². The second kappa shape index (κ2) is 8.36. The van der Waals surface area contributed by atoms with Gasteiger partial charge in [-0.15, -0.1) is 0 Å². The molecule has 0 spiro atoms. The molecule has 2 heterocycles. The van der Waals surface area contributed by atoms with E-state index >= 15 is 0 Å². The summed E-state index contributed by atoms with van der Waals surface area (Å²) in [5.74, 6) is 3.15. The Labute approximate surface area is 179 Å². The van der Waals surface area contributed by atoms with Gasteiger partial charge in [-0.25, -0.2) is 0 Å². The van der Waals surface area contributed by atoms with Crippen molar-refractivity contribution in [1.82, 2.24) is 9.80 Å². The Morgan fingerprint density at radius 3 is 1.27 bits per heavy atom. The maximum atomic E-state index is 5.64. The first-order valence-electron chi connectivity index (χ1n) is 10.4. The fourth-order valence-electron chi connectivity index (χ4n) is 5.03. The molecule has 0 N–H and O–H groups in total. The summed E-state index contributed by atoms with van der Waals surface area (Å²) in [5, 5.41) is 0. The highest BCUT2D eigenvalue weighted by atomic mass is 16.5. The molecule has 2 aromatic rings. The summed E-state index contributed by atoms with van der Waals surface area (Å²) in [4.78, 5) is 4.92. The maximum absolute atomic E-state index is 5.64. The average molecular weight is 413 g/mol. The van der Waals surface area contributed by atoms with Gasteiger partial charge in [0, 0.05) is 13.1 Å². The van der Waals surface area contributed by atoms with Gasteiger partial charge < -0.3 is 18.9 Å². The Morgan fingerprint density at radius 2 is 0.933 bits per heavy atom. The quantitative estimate of drug-likeness (QED) is 0.749. The van der Waals surface area contributed by atoms with Gasteiger partial charge in [0.15, 0.2) is 23.0 Å². The van der Waals surface area contributed by atoms with Gasteiger partial charge in [0.25, 0.3) is 0 Å². The van der Waals surface area contributed by atoms with E-state index in [0.717, 1.165) is 48.9 Å². The van der Waals surface area contributed by atoms with Gasteiger partial charge in [0.1, 0.15) is 0 Å². The third-order valence-corrected chi connectivity index (χ3v) is 6.64. The third-order valence-electron chi connectivity index (χ3n) is 6.64. The monoisotopic (exact) mass is 412 g/mol. The van der Waals surface area contributed by atoms with Crippen LogP contribution in [0.15, 0.2) is 24.3 Å². The number of hydrogen-bond donors (Lipinski definition) is 0. The first kappa shape index (κ1) is 20.8. The summed E-state index contributed by atoms with van der Waals surface area (Å²) >= 11 is 0. The van der Waals surface area contributed by atoms with E-state index in [0.29, 0.717) is 0 Å². The van der Waals surface area contributed by atoms with E-state index in [-0.39, 0.29) is 12.1 Å². The lowest BCUT2D eigenvalue weighted by molar-refractivity contribution is 0.0964. The number of fused-ring (bicyclic) bond motifs is 2. The van der Waals surface area contributed by atoms with Gasteiger partial charge in [0.05, 0.1) is 40.5 Å². The Hall–Kier alpha value is -2.44. The molecule has 0 saturated heterocycles. The molecule has 0 fully saturated rings. The summed E-state index contributed by atoms with van der Waals surface area (Å²) in [7, 11) is 11.2. The van der Waals surface area contributed by atoms with Gasteiger partial charge in [0.2, 0.25) is 0 Å². The van der Waals surface area contributed by atoms with Crippen LogP contribution in [0.3, 0.4) is 0 Å². The molecule has 0 saturated carbocycles. The van der Waals surface area contributed by atoms with Crippen molar-refractivity contribution in [2.75, 3.05) is 55.6 Å². The van der Waals surface area contributed by atoms with Gasteiger partial charge in [-0.1, -0.05) is 0 Å². The molecule has 4 rings (SSSR count). The molecule has 0 unspecified atom stereocenters. The van der Waals surface area contributed by atoms with Crippen LogP contribution in [-0.2, 0) is 12.8 Å². The molecular formula is C24H32N2O4. The van der Waals surface area contributed by atoms with Crippen LogP contribution in [0.2, 0.25) is 0 Å². The first-order chi connectivity index (χ1) is 14.5. The first-order valence-corrected chi connectivity index (χ1v) is 10.4. The minimum absolute atomic E-state index is 0.204. The van der Waals surface area contributed by atoms with Crippen molar-refractivity contribution in [2.45, 2.75) is 24.9 Å². The van der Waals surface area contributed by atoms with Gasteiger partial charge >= 0.3 is 0 Å². The molecule has 2 atom stereocenters. The zero-order valence-corrected chi connectivity index (χ0v) is 18.8. The van der Waals surface area contributed by atoms with Crippen LogP contribution >= 0.6 is 0 Å². The van der Waals surface area contributed by atoms with Crippen molar-refractivity contribution in [3.63, 3.8) is 0 Å². The lowest BCUT2D eigenvalue weighted by Crippen LogP contribution is -2.44. The summed E-state index contributed by atoms with van der Waals surface area (Å²) < 4.78 is 22.4. The molecule has 0 amide bonds. The summed E-state index contributed by atoms with van der Waals surface area (Å²) in [6.45, 7) is 2.00. The smallest absolute Gasteiger partial charge is 0.161 e. The number of nitrogens with zero attached hydrogens (tertiary/aromatic N) is 2. The van der Waals surface area contributed by atoms with E-state index < -0.39 is 0 Å². The molecule has 162 valence electrons. The topological polar surface area (TPSA) is 43.4 Å². The van der Waals surface area contributed by atoms with E-state index in [4.69, 9.17) is 18.9 Å². The van der Waals surface area contributed by atoms with Crippen molar-refractivity contribution in [1.29, 1.82) is 0 Å². The van der Waals surface area contributed by atoms with Gasteiger partial charge in [-0.05, 0) is 73.5 Å². The van der Waals surface area contributed by atoms with E-state index in [1.54, 1.807) is 28.4 Å². The zero-order chi connectivity index (χ0) is 21.4. The van der Waals surface area contributed by atoms with Crippen molar-refractivity contribution in [3.8, 4) is 23.0 Å². The second-order valence-electron chi connectivity index (χ2n) is 8.16. The number of rotatable bonds is 5. The van der Waals surface area contributed by atoms with Crippen LogP contribution in [0.5, 0.6) is 23.0 Å². The molecule has 2 aliphatic heterocycles. The minimum Gasteiger partial charge on any atom is -0.493 e. The molecule has 0 aromatic heterocycles. The molecule has 30 heavy (non-hydrogen) atoms. The molecule has 6 nitrogen and oxygen atoms in total. The Morgan fingerprint density at radius 1 is 0.600 bits per heavy atom. The van der Waals surface area contributed by atoms with Crippen molar-refractivity contribution in [3.05, 3.63) is 46.5 Å². The van der Waals surface area contributed by atoms with Crippen LogP contribution < -0.4 is 18.9 Å². The average Bonchev–Trinajstić information content (AvgIpc) is 2.77. The van der Waals surface area contributed by atoms with Crippen LogP contribution in [0.4, 0.5) is 0 Å². The molecular weight excluding hydrogens is 380 g/mol. The number of likely N-dealkylation sites (N-methyl/N-ethyl adjacent to an activating group) is 2. The highest BCUT2D eigenvalue weighted by Crippen LogP contribution is 2.48. The van der Waals surface area contributed by atoms with E-state index in [9.17, 15) is 0 Å². The molecule has 0 radical (unpaired) electrons. The van der Waals surface area contributed by atoms with Crippen LogP contribution in [0, 0.1) is 0 Å². The molecule has 6 heteroatoms. The summed E-state index contributed by atoms with van der Waals surface area (Å²) in [6, 6.07) is 9.03. The maximum Gasteiger partial charge on any atom is 0.161 e. The molecule has 2 aromatic carbocycles. The zero-order valence-electron chi connectivity index (χ0n) is 18.8. The largest absolute Gasteiger partial charge is 0.493 e. The van der Waals surface area contributed by atoms with E-state index in [2.05, 4.69) is 48.2 Å². The number of benzene rings is 2. The molecule has 0 aliphatic carbocycles. The van der Waals surface area contributed by atoms with Crippen molar-refractivity contribution < 1.29 is 18.9 Å². The van der Waals surface area contributed by atoms with Crippen LogP contribution in [0.25, 0.3) is 0 Å². The third kappa shape index (κ3) is 3.38. The van der Waals surface area contributed by atoms with Gasteiger partial charge in [-0.3, -0.25) is 9.80 Å². The Kier molecular flexibility index (Phi) is 5.80. The second-order valence-corrected chi connectivity index (χ2v) is 8.16. The highest BCUT2D eigenvalue weighted by Gasteiger charge is 2.39. The lowest BCUT2D eigenvalue weighted by Gasteiger charge is -2.46. The normalized spacial score (nSPS) is 21.5. The highest BCUT2D eigenvalue weighted by molar-refractivity contribution is 5.53. The standard InChI is InChI=1S/C24H32N2O4/c1-25-9-7-15-11-19(27-3)21(29-5)13-17(15)23(25)24-18-14-22(30-6)20(28-4)12-16(18)8-10-26(24)2/h11-14,23-24H,7-10H2,1-6H3/t23-,24+. The summed E-state index contributed by atoms with van der Waals surface area (Å²) in [6.07, 6.45) is 2.00. The molecule has 0 bridgehead atoms. The fraction of sp³-hybridized carbons (Fsp3) is 0.500. The van der Waals surface area contributed by atoms with Crippen molar-refractivity contribution >= 4 is 0 Å². The SMILES string of the molecule is COc1cc2c(cc1OC)[C@H]([C@@H]1c3cc(OC)c(OC)cc3CCN1C)N(C)CC2. The molecule has 2 aliphatic rings. The number of methoxy groups -OCH3 is 4. The predicted molar refractivity (Wildman–Crippen MR) is 117 cm³/mol. The Balaban J connectivity index is 1.87. The van der Waals surface area contributed by atoms with Crippen LogP contribution in [-0.4, -0.2) is 65.4 Å².